The molecule has 1 amide bonds. The molecule has 0 saturated heterocycles. The monoisotopic (exact) mass is 221 g/mol. The first kappa shape index (κ1) is 9.90. The van der Waals surface area contributed by atoms with Crippen molar-refractivity contribution in [3.63, 3.8) is 0 Å². The third kappa shape index (κ3) is 1.90. The van der Waals surface area contributed by atoms with Gasteiger partial charge in [-0.2, -0.15) is 0 Å². The fraction of sp³-hybridized carbons (Fsp3) is 0. The van der Waals surface area contributed by atoms with Gasteiger partial charge in [0.1, 0.15) is 5.56 Å². The quantitative estimate of drug-likeness (QED) is 0.521. The van der Waals surface area contributed by atoms with Crippen molar-refractivity contribution in [3.8, 4) is 0 Å². The standard InChI is InChI=1S/C8H7N5O3/c14-5(12-7-9-1-2-10-7)4-3-11-8(16)13-6(4)15/h1-3H,(H2,9,10,12,14)(H2,11,13,15,16). The second-order valence-electron chi connectivity index (χ2n) is 2.88. The summed E-state index contributed by atoms with van der Waals surface area (Å²) in [5.74, 6) is -0.442. The Morgan fingerprint density at radius 1 is 1.31 bits per heavy atom. The van der Waals surface area contributed by atoms with Gasteiger partial charge in [-0.05, 0) is 0 Å². The fourth-order valence-electron chi connectivity index (χ4n) is 1.09. The second kappa shape index (κ2) is 3.85. The van der Waals surface area contributed by atoms with Gasteiger partial charge >= 0.3 is 5.69 Å². The minimum absolute atomic E-state index is 0.198. The normalized spacial score (nSPS) is 10.0. The summed E-state index contributed by atoms with van der Waals surface area (Å²) in [6, 6.07) is 0. The van der Waals surface area contributed by atoms with E-state index in [1.807, 2.05) is 4.98 Å². The molecule has 0 aliphatic rings. The molecular weight excluding hydrogens is 214 g/mol. The van der Waals surface area contributed by atoms with Gasteiger partial charge in [0.25, 0.3) is 11.5 Å². The third-order valence-corrected chi connectivity index (χ3v) is 1.79. The number of hydrogen-bond donors (Lipinski definition) is 4. The number of H-pyrrole nitrogens is 3. The first-order valence-corrected chi connectivity index (χ1v) is 4.29. The highest BCUT2D eigenvalue weighted by atomic mass is 16.2. The first-order valence-electron chi connectivity index (χ1n) is 4.29. The van der Waals surface area contributed by atoms with Crippen molar-refractivity contribution >= 4 is 11.9 Å². The summed E-state index contributed by atoms with van der Waals surface area (Å²) in [6.45, 7) is 0. The minimum Gasteiger partial charge on any atom is -0.331 e. The predicted molar refractivity (Wildman–Crippen MR) is 54.2 cm³/mol. The molecule has 0 unspecified atom stereocenters. The van der Waals surface area contributed by atoms with Crippen molar-refractivity contribution in [3.05, 3.63) is 45.0 Å². The van der Waals surface area contributed by atoms with Crippen LogP contribution in [0.25, 0.3) is 0 Å². The Morgan fingerprint density at radius 3 is 2.75 bits per heavy atom. The van der Waals surface area contributed by atoms with Gasteiger partial charge in [0.2, 0.25) is 5.95 Å². The topological polar surface area (TPSA) is 123 Å². The van der Waals surface area contributed by atoms with Crippen LogP contribution in [0, 0.1) is 0 Å². The Morgan fingerprint density at radius 2 is 2.12 bits per heavy atom. The zero-order chi connectivity index (χ0) is 11.5. The summed E-state index contributed by atoms with van der Waals surface area (Å²) in [5, 5.41) is 2.35. The molecule has 0 fully saturated rings. The van der Waals surface area contributed by atoms with E-state index in [0.717, 1.165) is 6.20 Å². The van der Waals surface area contributed by atoms with E-state index in [1.54, 1.807) is 0 Å². The Kier molecular flexibility index (Phi) is 2.38. The largest absolute Gasteiger partial charge is 0.331 e. The van der Waals surface area contributed by atoms with Gasteiger partial charge in [0.05, 0.1) is 0 Å². The number of amides is 1. The lowest BCUT2D eigenvalue weighted by atomic mass is 10.3. The van der Waals surface area contributed by atoms with Gasteiger partial charge in [-0.1, -0.05) is 0 Å². The smallest absolute Gasteiger partial charge is 0.325 e. The number of carbonyl (C=O) groups excluding carboxylic acids is 1. The van der Waals surface area contributed by atoms with E-state index in [1.165, 1.54) is 12.4 Å². The number of aromatic nitrogens is 4. The lowest BCUT2D eigenvalue weighted by Gasteiger charge is -1.99. The number of rotatable bonds is 2. The molecule has 8 nitrogen and oxygen atoms in total. The fourth-order valence-corrected chi connectivity index (χ4v) is 1.09. The van der Waals surface area contributed by atoms with Crippen LogP contribution in [0.4, 0.5) is 5.95 Å². The van der Waals surface area contributed by atoms with E-state index < -0.39 is 17.2 Å². The molecule has 2 heterocycles. The van der Waals surface area contributed by atoms with Gasteiger partial charge in [0.15, 0.2) is 0 Å². The summed E-state index contributed by atoms with van der Waals surface area (Å²) in [4.78, 5) is 44.0. The lowest BCUT2D eigenvalue weighted by Crippen LogP contribution is -2.29. The molecule has 16 heavy (non-hydrogen) atoms. The van der Waals surface area contributed by atoms with Crippen molar-refractivity contribution in [2.45, 2.75) is 0 Å². The van der Waals surface area contributed by atoms with Crippen molar-refractivity contribution in [1.82, 2.24) is 19.9 Å². The second-order valence-corrected chi connectivity index (χ2v) is 2.88. The molecule has 0 aliphatic carbocycles. The van der Waals surface area contributed by atoms with Crippen LogP contribution in [0.15, 0.2) is 28.2 Å². The molecular formula is C8H7N5O3. The van der Waals surface area contributed by atoms with Crippen LogP contribution >= 0.6 is 0 Å². The van der Waals surface area contributed by atoms with Crippen molar-refractivity contribution < 1.29 is 4.79 Å². The first-order chi connectivity index (χ1) is 7.66. The van der Waals surface area contributed by atoms with Gasteiger partial charge in [0, 0.05) is 18.6 Å². The molecule has 0 aliphatic heterocycles. The van der Waals surface area contributed by atoms with E-state index in [2.05, 4.69) is 20.3 Å². The van der Waals surface area contributed by atoms with E-state index in [0.29, 0.717) is 0 Å². The summed E-state index contributed by atoms with van der Waals surface area (Å²) in [7, 11) is 0. The molecule has 82 valence electrons. The highest BCUT2D eigenvalue weighted by molar-refractivity contribution is 6.02. The summed E-state index contributed by atoms with van der Waals surface area (Å²) in [5.41, 5.74) is -1.62. The van der Waals surface area contributed by atoms with Crippen molar-refractivity contribution in [2.75, 3.05) is 5.32 Å². The van der Waals surface area contributed by atoms with E-state index in [9.17, 15) is 14.4 Å². The van der Waals surface area contributed by atoms with Crippen LogP contribution in [0.5, 0.6) is 0 Å². The van der Waals surface area contributed by atoms with Gasteiger partial charge in [-0.15, -0.1) is 0 Å². The highest BCUT2D eigenvalue weighted by Crippen LogP contribution is 1.97. The molecule has 0 aromatic carbocycles. The third-order valence-electron chi connectivity index (χ3n) is 1.79. The van der Waals surface area contributed by atoms with Crippen LogP contribution in [-0.2, 0) is 0 Å². The average molecular weight is 221 g/mol. The van der Waals surface area contributed by atoms with Crippen LogP contribution < -0.4 is 16.6 Å². The number of nitrogens with zero attached hydrogens (tertiary/aromatic N) is 1. The summed E-state index contributed by atoms with van der Waals surface area (Å²) < 4.78 is 0. The molecule has 0 saturated carbocycles. The van der Waals surface area contributed by atoms with E-state index >= 15 is 0 Å². The highest BCUT2D eigenvalue weighted by Gasteiger charge is 2.11. The summed E-state index contributed by atoms with van der Waals surface area (Å²) >= 11 is 0. The van der Waals surface area contributed by atoms with E-state index in [-0.39, 0.29) is 11.5 Å². The molecule has 0 atom stereocenters. The zero-order valence-corrected chi connectivity index (χ0v) is 7.90. The maximum absolute atomic E-state index is 11.5. The van der Waals surface area contributed by atoms with Crippen LogP contribution in [0.2, 0.25) is 0 Å². The van der Waals surface area contributed by atoms with Crippen LogP contribution in [-0.4, -0.2) is 25.8 Å². The number of imidazole rings is 1. The molecule has 0 bridgehead atoms. The van der Waals surface area contributed by atoms with Crippen molar-refractivity contribution in [1.29, 1.82) is 0 Å². The number of carbonyl (C=O) groups is 1. The van der Waals surface area contributed by atoms with Crippen LogP contribution in [0.3, 0.4) is 0 Å². The maximum Gasteiger partial charge on any atom is 0.325 e. The molecule has 2 rings (SSSR count). The van der Waals surface area contributed by atoms with Gasteiger partial charge in [-0.25, -0.2) is 9.78 Å². The zero-order valence-electron chi connectivity index (χ0n) is 7.90. The molecule has 0 spiro atoms. The SMILES string of the molecule is O=C(Nc1ncc[nH]1)c1c[nH]c(=O)[nH]c1=O. The van der Waals surface area contributed by atoms with Crippen molar-refractivity contribution in [2.24, 2.45) is 0 Å². The number of aromatic amines is 3. The van der Waals surface area contributed by atoms with Gasteiger partial charge in [-0.3, -0.25) is 19.9 Å². The molecule has 2 aromatic rings. The number of nitrogens with one attached hydrogen (secondary N) is 4. The molecule has 2 aromatic heterocycles. The predicted octanol–water partition coefficient (Wildman–Crippen LogP) is -0.961. The van der Waals surface area contributed by atoms with Crippen LogP contribution in [0.1, 0.15) is 10.4 Å². The minimum atomic E-state index is -0.757. The van der Waals surface area contributed by atoms with E-state index in [4.69, 9.17) is 0 Å². The Bertz CT molecular complexity index is 609. The molecule has 0 radical (unpaired) electrons. The maximum atomic E-state index is 11.5. The molecule has 4 N–H and O–H groups in total. The van der Waals surface area contributed by atoms with Gasteiger partial charge < -0.3 is 9.97 Å². The summed E-state index contributed by atoms with van der Waals surface area (Å²) in [6.07, 6.45) is 4.01. The number of anilines is 1. The number of hydrogen-bond acceptors (Lipinski definition) is 4. The Hall–Kier alpha value is -2.64. The molecule has 8 heteroatoms. The lowest BCUT2D eigenvalue weighted by molar-refractivity contribution is 0.102. The Balaban J connectivity index is 2.28. The Labute approximate surface area is 87.8 Å². The average Bonchev–Trinajstić information content (AvgIpc) is 2.70.